The summed E-state index contributed by atoms with van der Waals surface area (Å²) >= 11 is 1.26. The second kappa shape index (κ2) is 9.43. The number of carboxylic acids is 1. The molecule has 1 aliphatic carbocycles. The Hall–Kier alpha value is -4.82. The average Bonchev–Trinajstić information content (AvgIpc) is 3.56. The van der Waals surface area contributed by atoms with Crippen LogP contribution in [0.2, 0.25) is 0 Å². The van der Waals surface area contributed by atoms with Gasteiger partial charge in [-0.3, -0.25) is 9.36 Å². The first-order valence-electron chi connectivity index (χ1n) is 12.8. The largest absolute Gasteiger partial charge is 0.478 e. The number of aromatic carboxylic acids is 1. The summed E-state index contributed by atoms with van der Waals surface area (Å²) in [5.74, 6) is -0.429. The average molecular weight is 549 g/mol. The van der Waals surface area contributed by atoms with Crippen molar-refractivity contribution >= 4 is 29.1 Å². The van der Waals surface area contributed by atoms with Gasteiger partial charge >= 0.3 is 5.97 Å². The molecule has 40 heavy (non-hydrogen) atoms. The number of rotatable bonds is 4. The molecule has 0 fully saturated rings. The van der Waals surface area contributed by atoms with Crippen LogP contribution in [0.4, 0.5) is 4.39 Å². The third kappa shape index (κ3) is 4.04. The summed E-state index contributed by atoms with van der Waals surface area (Å²) < 4.78 is 22.5. The number of thiazole rings is 1. The van der Waals surface area contributed by atoms with Crippen LogP contribution in [0.1, 0.15) is 45.3 Å². The van der Waals surface area contributed by atoms with Crippen molar-refractivity contribution in [1.29, 1.82) is 0 Å². The molecule has 7 rings (SSSR count). The van der Waals surface area contributed by atoms with Crippen molar-refractivity contribution in [3.63, 3.8) is 0 Å². The Morgan fingerprint density at radius 2 is 1.88 bits per heavy atom. The van der Waals surface area contributed by atoms with Gasteiger partial charge in [-0.05, 0) is 65.9 Å². The summed E-state index contributed by atoms with van der Waals surface area (Å²) in [5, 5.41) is 9.31. The van der Waals surface area contributed by atoms with Crippen molar-refractivity contribution in [1.82, 2.24) is 4.57 Å². The molecule has 2 aliphatic rings. The molecule has 0 unspecified atom stereocenters. The number of hydrogen-bond donors (Lipinski definition) is 1. The van der Waals surface area contributed by atoms with E-state index in [9.17, 15) is 19.1 Å². The zero-order valence-corrected chi connectivity index (χ0v) is 21.8. The molecule has 0 bridgehead atoms. The molecular formula is C32H21FN2O4S. The van der Waals surface area contributed by atoms with E-state index in [0.29, 0.717) is 32.0 Å². The Kier molecular flexibility index (Phi) is 5.71. The van der Waals surface area contributed by atoms with Gasteiger partial charge in [0.2, 0.25) is 0 Å². The number of fused-ring (bicyclic) bond motifs is 3. The molecule has 0 saturated heterocycles. The summed E-state index contributed by atoms with van der Waals surface area (Å²) in [7, 11) is 0. The van der Waals surface area contributed by atoms with Gasteiger partial charge in [0, 0.05) is 17.2 Å². The lowest BCUT2D eigenvalue weighted by Crippen LogP contribution is -2.38. The van der Waals surface area contributed by atoms with Crippen molar-refractivity contribution < 1.29 is 18.7 Å². The van der Waals surface area contributed by atoms with Crippen molar-refractivity contribution in [3.05, 3.63) is 144 Å². The molecule has 5 aromatic rings. The number of carbonyl (C=O) groups is 1. The highest BCUT2D eigenvalue weighted by atomic mass is 32.1. The van der Waals surface area contributed by atoms with E-state index < -0.39 is 12.0 Å². The SMILES string of the molecule is O=C(O)c1cccc(-c2ccc(/C=c3/sc4n(c3=O)[C@@H](c3cccc(F)c3)C3=C(N=4)c4ccccc4CC3)o2)c1. The second-order valence-electron chi connectivity index (χ2n) is 9.76. The van der Waals surface area contributed by atoms with Gasteiger partial charge in [-0.2, -0.15) is 0 Å². The van der Waals surface area contributed by atoms with Crippen molar-refractivity contribution in [2.45, 2.75) is 18.9 Å². The van der Waals surface area contributed by atoms with Gasteiger partial charge in [0.25, 0.3) is 5.56 Å². The lowest BCUT2D eigenvalue weighted by Gasteiger charge is -2.30. The molecule has 3 aromatic carbocycles. The second-order valence-corrected chi connectivity index (χ2v) is 10.8. The predicted molar refractivity (Wildman–Crippen MR) is 150 cm³/mol. The minimum absolute atomic E-state index is 0.159. The molecule has 0 radical (unpaired) electrons. The summed E-state index contributed by atoms with van der Waals surface area (Å²) in [5.41, 5.74) is 5.36. The van der Waals surface area contributed by atoms with Gasteiger partial charge in [-0.1, -0.05) is 59.9 Å². The van der Waals surface area contributed by atoms with Crippen molar-refractivity contribution in [3.8, 4) is 11.3 Å². The summed E-state index contributed by atoms with van der Waals surface area (Å²) in [6.45, 7) is 0. The van der Waals surface area contributed by atoms with Crippen molar-refractivity contribution in [2.24, 2.45) is 4.99 Å². The minimum atomic E-state index is -1.02. The zero-order valence-electron chi connectivity index (χ0n) is 21.0. The van der Waals surface area contributed by atoms with Crippen LogP contribution in [0.15, 0.2) is 105 Å². The number of furan rings is 1. The van der Waals surface area contributed by atoms with Crippen LogP contribution in [-0.2, 0) is 6.42 Å². The molecule has 8 heteroatoms. The molecular weight excluding hydrogens is 527 g/mol. The molecule has 1 atom stereocenters. The molecule has 2 aromatic heterocycles. The molecule has 0 amide bonds. The lowest BCUT2D eigenvalue weighted by molar-refractivity contribution is 0.0697. The van der Waals surface area contributed by atoms with E-state index in [1.807, 2.05) is 24.3 Å². The van der Waals surface area contributed by atoms with Gasteiger partial charge in [0.05, 0.1) is 21.8 Å². The number of aryl methyl sites for hydroxylation is 1. The van der Waals surface area contributed by atoms with E-state index in [-0.39, 0.29) is 16.9 Å². The highest BCUT2D eigenvalue weighted by Gasteiger charge is 2.32. The van der Waals surface area contributed by atoms with Crippen LogP contribution in [0.25, 0.3) is 23.1 Å². The molecule has 0 saturated carbocycles. The number of nitrogens with zero attached hydrogens (tertiary/aromatic N) is 2. The fourth-order valence-corrected chi connectivity index (χ4v) is 6.50. The van der Waals surface area contributed by atoms with E-state index in [4.69, 9.17) is 9.41 Å². The van der Waals surface area contributed by atoms with Crippen molar-refractivity contribution in [2.75, 3.05) is 0 Å². The van der Waals surface area contributed by atoms with Crippen LogP contribution in [-0.4, -0.2) is 15.6 Å². The third-order valence-electron chi connectivity index (χ3n) is 7.33. The third-order valence-corrected chi connectivity index (χ3v) is 8.31. The number of aromatic nitrogens is 1. The molecule has 196 valence electrons. The fourth-order valence-electron chi connectivity index (χ4n) is 5.52. The Bertz CT molecular complexity index is 2050. The monoisotopic (exact) mass is 548 g/mol. The van der Waals surface area contributed by atoms with Crippen LogP contribution in [0.5, 0.6) is 0 Å². The normalized spacial score (nSPS) is 16.2. The predicted octanol–water partition coefficient (Wildman–Crippen LogP) is 5.42. The topological polar surface area (TPSA) is 84.8 Å². The first kappa shape index (κ1) is 24.2. The van der Waals surface area contributed by atoms with E-state index in [0.717, 1.165) is 29.7 Å². The molecule has 3 heterocycles. The Balaban J connectivity index is 1.38. The minimum Gasteiger partial charge on any atom is -0.478 e. The molecule has 0 spiro atoms. The molecule has 6 nitrogen and oxygen atoms in total. The zero-order chi connectivity index (χ0) is 27.4. The number of hydrogen-bond acceptors (Lipinski definition) is 5. The van der Waals surface area contributed by atoms with E-state index in [1.54, 1.807) is 47.0 Å². The first-order chi connectivity index (χ1) is 19.5. The quantitative estimate of drug-likeness (QED) is 0.325. The van der Waals surface area contributed by atoms with E-state index in [2.05, 4.69) is 6.07 Å². The first-order valence-corrected chi connectivity index (χ1v) is 13.6. The van der Waals surface area contributed by atoms with Gasteiger partial charge < -0.3 is 9.52 Å². The van der Waals surface area contributed by atoms with Gasteiger partial charge in [-0.25, -0.2) is 14.2 Å². The summed E-state index contributed by atoms with van der Waals surface area (Å²) in [6, 6.07) is 24.1. The maximum Gasteiger partial charge on any atom is 0.335 e. The van der Waals surface area contributed by atoms with Crippen LogP contribution in [0.3, 0.4) is 0 Å². The van der Waals surface area contributed by atoms with Crippen LogP contribution < -0.4 is 14.9 Å². The lowest BCUT2D eigenvalue weighted by atomic mass is 9.83. The number of allylic oxidation sites excluding steroid dienone is 1. The summed E-state index contributed by atoms with van der Waals surface area (Å²) in [4.78, 5) is 30.7. The Labute approximate surface area is 231 Å². The molecule has 1 N–H and O–H groups in total. The fraction of sp³-hybridized carbons (Fsp3) is 0.0938. The smallest absolute Gasteiger partial charge is 0.335 e. The highest BCUT2D eigenvalue weighted by molar-refractivity contribution is 7.07. The van der Waals surface area contributed by atoms with Gasteiger partial charge in [0.1, 0.15) is 17.3 Å². The Morgan fingerprint density at radius 3 is 2.73 bits per heavy atom. The summed E-state index contributed by atoms with van der Waals surface area (Å²) in [6.07, 6.45) is 3.21. The molecule has 1 aliphatic heterocycles. The number of carboxylic acid groups (broad SMARTS) is 1. The Morgan fingerprint density at radius 1 is 1.02 bits per heavy atom. The standard InChI is InChI=1S/C32H21FN2O4S/c33-22-9-4-7-20(16-22)29-25-13-11-18-5-1-2-10-24(18)28(25)34-32-35(29)30(36)27(40-32)17-23-12-14-26(39-23)19-6-3-8-21(15-19)31(37)38/h1-10,12,14-17,29H,11,13H2,(H,37,38)/b27-17+/t29-/m0/s1. The van der Waals surface area contributed by atoms with E-state index in [1.165, 1.54) is 35.1 Å². The van der Waals surface area contributed by atoms with Gasteiger partial charge in [-0.15, -0.1) is 0 Å². The number of benzene rings is 3. The maximum atomic E-state index is 14.4. The highest BCUT2D eigenvalue weighted by Crippen LogP contribution is 2.41. The van der Waals surface area contributed by atoms with E-state index >= 15 is 0 Å². The van der Waals surface area contributed by atoms with Crippen LogP contribution in [0, 0.1) is 5.82 Å². The maximum absolute atomic E-state index is 14.4. The van der Waals surface area contributed by atoms with Crippen LogP contribution >= 0.6 is 11.3 Å². The number of halogens is 1. The van der Waals surface area contributed by atoms with Gasteiger partial charge in [0.15, 0.2) is 4.80 Å².